The first-order valence-electron chi connectivity index (χ1n) is 3.16. The monoisotopic (exact) mass is 127 g/mol. The number of nitrogens with one attached hydrogen (secondary N) is 1. The van der Waals surface area contributed by atoms with Gasteiger partial charge < -0.3 is 10.1 Å². The Hall–Kier alpha value is -0.500. The molecule has 2 heteroatoms. The van der Waals surface area contributed by atoms with Gasteiger partial charge in [0.1, 0.15) is 0 Å². The van der Waals surface area contributed by atoms with Gasteiger partial charge >= 0.3 is 0 Å². The topological polar surface area (TPSA) is 21.3 Å². The lowest BCUT2D eigenvalue weighted by atomic mass is 10.1. The van der Waals surface area contributed by atoms with Crippen molar-refractivity contribution >= 4 is 0 Å². The fourth-order valence-electron chi connectivity index (χ4n) is 0.722. The van der Waals surface area contributed by atoms with E-state index in [9.17, 15) is 0 Å². The van der Waals surface area contributed by atoms with Crippen LogP contribution in [0.15, 0.2) is 12.3 Å². The molecule has 1 aliphatic heterocycles. The summed E-state index contributed by atoms with van der Waals surface area (Å²) in [5, 5.41) is 3.15. The van der Waals surface area contributed by atoms with Gasteiger partial charge in [-0.3, -0.25) is 0 Å². The maximum absolute atomic E-state index is 5.42. The van der Waals surface area contributed by atoms with Gasteiger partial charge in [0.2, 0.25) is 0 Å². The summed E-state index contributed by atoms with van der Waals surface area (Å²) in [5.41, 5.74) is 0.968. The predicted molar refractivity (Wildman–Crippen MR) is 37.2 cm³/mol. The predicted octanol–water partition coefficient (Wildman–Crippen LogP) is 0.899. The van der Waals surface area contributed by atoms with Crippen molar-refractivity contribution in [3.8, 4) is 0 Å². The zero-order valence-corrected chi connectivity index (χ0v) is 6.03. The van der Waals surface area contributed by atoms with E-state index in [1.165, 1.54) is 0 Å². The molecule has 0 aromatic carbocycles. The summed E-state index contributed by atoms with van der Waals surface area (Å²) >= 11 is 0. The molecule has 1 heterocycles. The van der Waals surface area contributed by atoms with Crippen LogP contribution in [0.3, 0.4) is 0 Å². The molecule has 0 unspecified atom stereocenters. The molecule has 0 saturated carbocycles. The van der Waals surface area contributed by atoms with Gasteiger partial charge in [-0.2, -0.15) is 0 Å². The SMILES string of the molecule is C=C1COC(C)(C)CN1. The quantitative estimate of drug-likeness (QED) is 0.522. The summed E-state index contributed by atoms with van der Waals surface area (Å²) in [6.07, 6.45) is 0. The lowest BCUT2D eigenvalue weighted by Crippen LogP contribution is -2.43. The van der Waals surface area contributed by atoms with Crippen LogP contribution >= 0.6 is 0 Å². The third-order valence-corrected chi connectivity index (χ3v) is 1.40. The van der Waals surface area contributed by atoms with Crippen LogP contribution < -0.4 is 5.32 Å². The summed E-state index contributed by atoms with van der Waals surface area (Å²) in [6, 6.07) is 0. The molecule has 0 bridgehead atoms. The first-order valence-corrected chi connectivity index (χ1v) is 3.16. The Kier molecular flexibility index (Phi) is 1.49. The minimum atomic E-state index is -0.0127. The van der Waals surface area contributed by atoms with E-state index in [0.29, 0.717) is 6.61 Å². The highest BCUT2D eigenvalue weighted by atomic mass is 16.5. The molecule has 1 fully saturated rings. The number of rotatable bonds is 0. The normalized spacial score (nSPS) is 25.3. The molecule has 1 aliphatic rings. The molecule has 0 aliphatic carbocycles. The van der Waals surface area contributed by atoms with Crippen LogP contribution in [0.4, 0.5) is 0 Å². The average molecular weight is 127 g/mol. The van der Waals surface area contributed by atoms with E-state index in [2.05, 4.69) is 25.7 Å². The van der Waals surface area contributed by atoms with Gasteiger partial charge in [0.15, 0.2) is 0 Å². The molecule has 0 atom stereocenters. The molecule has 1 saturated heterocycles. The van der Waals surface area contributed by atoms with Crippen LogP contribution in [-0.2, 0) is 4.74 Å². The molecule has 1 rings (SSSR count). The van der Waals surface area contributed by atoms with Gasteiger partial charge in [-0.05, 0) is 13.8 Å². The van der Waals surface area contributed by atoms with E-state index in [-0.39, 0.29) is 5.60 Å². The van der Waals surface area contributed by atoms with Crippen molar-refractivity contribution in [2.45, 2.75) is 19.4 Å². The number of ether oxygens (including phenoxy) is 1. The maximum atomic E-state index is 5.42. The van der Waals surface area contributed by atoms with E-state index in [4.69, 9.17) is 4.74 Å². The van der Waals surface area contributed by atoms with Crippen molar-refractivity contribution in [3.05, 3.63) is 12.3 Å². The average Bonchev–Trinajstić information content (AvgIpc) is 1.78. The van der Waals surface area contributed by atoms with Crippen molar-refractivity contribution in [1.29, 1.82) is 0 Å². The minimum absolute atomic E-state index is 0.0127. The number of morpholine rings is 1. The van der Waals surface area contributed by atoms with Crippen molar-refractivity contribution in [1.82, 2.24) is 5.32 Å². The third-order valence-electron chi connectivity index (χ3n) is 1.40. The van der Waals surface area contributed by atoms with Crippen molar-refractivity contribution in [2.75, 3.05) is 13.2 Å². The molecule has 0 aromatic rings. The second kappa shape index (κ2) is 2.03. The highest BCUT2D eigenvalue weighted by Gasteiger charge is 2.22. The largest absolute Gasteiger partial charge is 0.384 e. The van der Waals surface area contributed by atoms with Crippen molar-refractivity contribution < 1.29 is 4.74 Å². The van der Waals surface area contributed by atoms with Crippen LogP contribution in [0.1, 0.15) is 13.8 Å². The van der Waals surface area contributed by atoms with Gasteiger partial charge in [-0.25, -0.2) is 0 Å². The summed E-state index contributed by atoms with van der Waals surface area (Å²) in [7, 11) is 0. The number of hydrogen-bond acceptors (Lipinski definition) is 2. The zero-order valence-electron chi connectivity index (χ0n) is 6.03. The van der Waals surface area contributed by atoms with Gasteiger partial charge in [0, 0.05) is 12.2 Å². The van der Waals surface area contributed by atoms with Crippen LogP contribution in [0.2, 0.25) is 0 Å². The van der Waals surface area contributed by atoms with E-state index in [1.54, 1.807) is 0 Å². The molecular weight excluding hydrogens is 114 g/mol. The standard InChI is InChI=1S/C7H13NO/c1-6-4-9-7(2,3)5-8-6/h8H,1,4-5H2,2-3H3. The molecule has 0 radical (unpaired) electrons. The molecule has 1 N–H and O–H groups in total. The first kappa shape index (κ1) is 6.62. The highest BCUT2D eigenvalue weighted by molar-refractivity contribution is 4.97. The van der Waals surface area contributed by atoms with Gasteiger partial charge in [0.05, 0.1) is 12.2 Å². The van der Waals surface area contributed by atoms with Crippen LogP contribution in [0, 0.1) is 0 Å². The third kappa shape index (κ3) is 1.72. The maximum Gasteiger partial charge on any atom is 0.0864 e. The van der Waals surface area contributed by atoms with Crippen molar-refractivity contribution in [3.63, 3.8) is 0 Å². The van der Waals surface area contributed by atoms with Crippen molar-refractivity contribution in [2.24, 2.45) is 0 Å². The summed E-state index contributed by atoms with van der Waals surface area (Å²) < 4.78 is 5.42. The van der Waals surface area contributed by atoms with Crippen LogP contribution in [0.5, 0.6) is 0 Å². The molecular formula is C7H13NO. The first-order chi connectivity index (χ1) is 4.10. The second-order valence-corrected chi connectivity index (χ2v) is 3.01. The molecule has 0 spiro atoms. The molecule has 52 valence electrons. The zero-order chi connectivity index (χ0) is 6.91. The second-order valence-electron chi connectivity index (χ2n) is 3.01. The van der Waals surface area contributed by atoms with E-state index in [0.717, 1.165) is 12.2 Å². The molecule has 0 amide bonds. The molecule has 9 heavy (non-hydrogen) atoms. The molecule has 0 aromatic heterocycles. The van der Waals surface area contributed by atoms with Gasteiger partial charge in [-0.15, -0.1) is 0 Å². The van der Waals surface area contributed by atoms with E-state index >= 15 is 0 Å². The lowest BCUT2D eigenvalue weighted by Gasteiger charge is -2.32. The van der Waals surface area contributed by atoms with Crippen LogP contribution in [0.25, 0.3) is 0 Å². The Labute approximate surface area is 55.9 Å². The number of hydrogen-bond donors (Lipinski definition) is 1. The minimum Gasteiger partial charge on any atom is -0.384 e. The van der Waals surface area contributed by atoms with Gasteiger partial charge in [0.25, 0.3) is 0 Å². The summed E-state index contributed by atoms with van der Waals surface area (Å²) in [4.78, 5) is 0. The Balaban J connectivity index is 2.44. The lowest BCUT2D eigenvalue weighted by molar-refractivity contribution is -0.0229. The van der Waals surface area contributed by atoms with E-state index in [1.807, 2.05) is 0 Å². The Morgan fingerprint density at radius 2 is 2.33 bits per heavy atom. The fourth-order valence-corrected chi connectivity index (χ4v) is 0.722. The summed E-state index contributed by atoms with van der Waals surface area (Å²) in [6.45, 7) is 9.38. The van der Waals surface area contributed by atoms with Crippen LogP contribution in [-0.4, -0.2) is 18.8 Å². The summed E-state index contributed by atoms with van der Waals surface area (Å²) in [5.74, 6) is 0. The smallest absolute Gasteiger partial charge is 0.0864 e. The Morgan fingerprint density at radius 1 is 1.67 bits per heavy atom. The fraction of sp³-hybridized carbons (Fsp3) is 0.714. The van der Waals surface area contributed by atoms with E-state index < -0.39 is 0 Å². The molecule has 2 nitrogen and oxygen atoms in total. The Morgan fingerprint density at radius 3 is 2.67 bits per heavy atom. The Bertz CT molecular complexity index is 117. The highest BCUT2D eigenvalue weighted by Crippen LogP contribution is 2.12. The van der Waals surface area contributed by atoms with Gasteiger partial charge in [-0.1, -0.05) is 6.58 Å².